The minimum absolute atomic E-state index is 0.116. The highest BCUT2D eigenvalue weighted by Gasteiger charge is 2.21. The topological polar surface area (TPSA) is 87.3 Å². The molecule has 0 bridgehead atoms. The molecule has 4 rings (SSSR count). The Labute approximate surface area is 150 Å². The predicted molar refractivity (Wildman–Crippen MR) is 98.2 cm³/mol. The van der Waals surface area contributed by atoms with Gasteiger partial charge in [-0.1, -0.05) is 18.2 Å². The van der Waals surface area contributed by atoms with Crippen molar-refractivity contribution in [3.63, 3.8) is 0 Å². The van der Waals surface area contributed by atoms with Crippen molar-refractivity contribution in [2.45, 2.75) is 12.8 Å². The Balaban J connectivity index is 1.37. The molecule has 0 unspecified atom stereocenters. The van der Waals surface area contributed by atoms with Crippen molar-refractivity contribution in [3.8, 4) is 5.75 Å². The number of nitrogens with zero attached hydrogens (tertiary/aromatic N) is 2. The highest BCUT2D eigenvalue weighted by Crippen LogP contribution is 2.25. The molecule has 0 aliphatic carbocycles. The number of carbonyl (C=O) groups is 2. The van der Waals surface area contributed by atoms with Crippen molar-refractivity contribution in [1.82, 2.24) is 9.97 Å². The summed E-state index contributed by atoms with van der Waals surface area (Å²) in [6.45, 7) is 0.573. The molecule has 3 aromatic rings. The van der Waals surface area contributed by atoms with Crippen LogP contribution in [0.5, 0.6) is 5.75 Å². The van der Waals surface area contributed by atoms with E-state index in [1.165, 1.54) is 0 Å². The van der Waals surface area contributed by atoms with Crippen molar-refractivity contribution in [2.75, 3.05) is 23.4 Å². The Kier molecular flexibility index (Phi) is 4.27. The molecule has 1 aliphatic rings. The predicted octanol–water partition coefficient (Wildman–Crippen LogP) is 2.71. The monoisotopic (exact) mass is 350 g/mol. The van der Waals surface area contributed by atoms with Crippen LogP contribution in [0.1, 0.15) is 12.8 Å². The normalized spacial score (nSPS) is 14.0. The number of imidazole rings is 1. The molecule has 7 heteroatoms. The second-order valence-corrected chi connectivity index (χ2v) is 6.09. The van der Waals surface area contributed by atoms with Crippen molar-refractivity contribution < 1.29 is 14.3 Å². The maximum absolute atomic E-state index is 12.1. The number of nitrogens with one attached hydrogen (secondary N) is 2. The van der Waals surface area contributed by atoms with Crippen molar-refractivity contribution in [3.05, 3.63) is 48.5 Å². The number of hydrogen-bond acceptors (Lipinski definition) is 4. The van der Waals surface area contributed by atoms with Crippen LogP contribution in [0, 0.1) is 0 Å². The molecule has 26 heavy (non-hydrogen) atoms. The summed E-state index contributed by atoms with van der Waals surface area (Å²) in [5.74, 6) is 0.731. The van der Waals surface area contributed by atoms with Crippen LogP contribution in [-0.4, -0.2) is 34.9 Å². The Morgan fingerprint density at radius 3 is 2.92 bits per heavy atom. The molecule has 0 atom stereocenters. The van der Waals surface area contributed by atoms with Gasteiger partial charge in [0.15, 0.2) is 6.61 Å². The highest BCUT2D eigenvalue weighted by molar-refractivity contribution is 5.95. The summed E-state index contributed by atoms with van der Waals surface area (Å²) >= 11 is 0. The van der Waals surface area contributed by atoms with Crippen LogP contribution in [0.25, 0.3) is 11.0 Å². The lowest BCUT2D eigenvalue weighted by Crippen LogP contribution is -2.24. The number of aromatic amines is 1. The smallest absolute Gasteiger partial charge is 0.264 e. The van der Waals surface area contributed by atoms with Gasteiger partial charge in [-0.25, -0.2) is 4.98 Å². The molecule has 2 heterocycles. The number of anilines is 2. The molecule has 132 valence electrons. The zero-order chi connectivity index (χ0) is 17.9. The minimum atomic E-state index is -0.313. The number of ether oxygens (including phenoxy) is 1. The molecular formula is C19H18N4O3. The number of aromatic nitrogens is 2. The number of carbonyl (C=O) groups excluding carboxylic acids is 2. The van der Waals surface area contributed by atoms with Crippen LogP contribution in [0.15, 0.2) is 48.5 Å². The molecular weight excluding hydrogens is 332 g/mol. The largest absolute Gasteiger partial charge is 0.484 e. The van der Waals surface area contributed by atoms with E-state index in [1.54, 1.807) is 17.0 Å². The maximum Gasteiger partial charge on any atom is 0.264 e. The molecule has 2 amide bonds. The van der Waals surface area contributed by atoms with Gasteiger partial charge in [0, 0.05) is 24.7 Å². The van der Waals surface area contributed by atoms with Gasteiger partial charge >= 0.3 is 0 Å². The fraction of sp³-hybridized carbons (Fsp3) is 0.211. The summed E-state index contributed by atoms with van der Waals surface area (Å²) < 4.78 is 5.56. The Morgan fingerprint density at radius 1 is 1.23 bits per heavy atom. The van der Waals surface area contributed by atoms with Gasteiger partial charge in [-0.15, -0.1) is 0 Å². The lowest BCUT2D eigenvalue weighted by molar-refractivity contribution is -0.118. The van der Waals surface area contributed by atoms with Gasteiger partial charge in [-0.3, -0.25) is 14.9 Å². The lowest BCUT2D eigenvalue weighted by Gasteiger charge is -2.16. The number of rotatable bonds is 5. The van der Waals surface area contributed by atoms with Crippen LogP contribution < -0.4 is 15.0 Å². The van der Waals surface area contributed by atoms with E-state index in [1.807, 2.05) is 36.4 Å². The van der Waals surface area contributed by atoms with Crippen molar-refractivity contribution in [2.24, 2.45) is 0 Å². The summed E-state index contributed by atoms with van der Waals surface area (Å²) in [6, 6.07) is 14.8. The van der Waals surface area contributed by atoms with E-state index >= 15 is 0 Å². The molecule has 2 aromatic carbocycles. The number of hydrogen-bond donors (Lipinski definition) is 2. The highest BCUT2D eigenvalue weighted by atomic mass is 16.5. The molecule has 1 saturated heterocycles. The van der Waals surface area contributed by atoms with Gasteiger partial charge in [0.1, 0.15) is 5.75 Å². The third kappa shape index (κ3) is 3.37. The first-order valence-corrected chi connectivity index (χ1v) is 8.47. The standard InChI is InChI=1S/C19H18N4O3/c24-17(22-19-20-15-7-1-2-8-16(15)21-19)12-26-14-6-3-5-13(11-14)23-10-4-9-18(23)25/h1-3,5-8,11H,4,9-10,12H2,(H2,20,21,22,24). The third-order valence-electron chi connectivity index (χ3n) is 4.22. The average molecular weight is 350 g/mol. The Bertz CT molecular complexity index is 933. The summed E-state index contributed by atoms with van der Waals surface area (Å²) in [4.78, 5) is 33.0. The van der Waals surface area contributed by atoms with Gasteiger partial charge in [0.25, 0.3) is 5.91 Å². The van der Waals surface area contributed by atoms with E-state index in [9.17, 15) is 9.59 Å². The van der Waals surface area contributed by atoms with Crippen LogP contribution >= 0.6 is 0 Å². The number of para-hydroxylation sites is 2. The molecule has 0 spiro atoms. The first-order valence-electron chi connectivity index (χ1n) is 8.47. The fourth-order valence-corrected chi connectivity index (χ4v) is 2.99. The number of H-pyrrole nitrogens is 1. The first-order chi connectivity index (χ1) is 12.7. The van der Waals surface area contributed by atoms with E-state index in [-0.39, 0.29) is 18.4 Å². The van der Waals surface area contributed by atoms with E-state index in [0.29, 0.717) is 18.1 Å². The van der Waals surface area contributed by atoms with Gasteiger partial charge < -0.3 is 14.6 Å². The molecule has 0 saturated carbocycles. The second-order valence-electron chi connectivity index (χ2n) is 6.09. The molecule has 1 aromatic heterocycles. The first kappa shape index (κ1) is 16.1. The number of benzene rings is 2. The number of amides is 2. The molecule has 2 N–H and O–H groups in total. The molecule has 7 nitrogen and oxygen atoms in total. The quantitative estimate of drug-likeness (QED) is 0.741. The van der Waals surface area contributed by atoms with Gasteiger partial charge in [0.2, 0.25) is 11.9 Å². The van der Waals surface area contributed by atoms with Crippen molar-refractivity contribution in [1.29, 1.82) is 0 Å². The van der Waals surface area contributed by atoms with E-state index in [4.69, 9.17) is 4.74 Å². The van der Waals surface area contributed by atoms with Crippen LogP contribution in [0.3, 0.4) is 0 Å². The fourth-order valence-electron chi connectivity index (χ4n) is 2.99. The van der Waals surface area contributed by atoms with Gasteiger partial charge in [-0.2, -0.15) is 0 Å². The summed E-state index contributed by atoms with van der Waals surface area (Å²) in [6.07, 6.45) is 1.44. The Morgan fingerprint density at radius 2 is 2.12 bits per heavy atom. The molecule has 1 aliphatic heterocycles. The van der Waals surface area contributed by atoms with Crippen LogP contribution in [-0.2, 0) is 9.59 Å². The second kappa shape index (κ2) is 6.87. The summed E-state index contributed by atoms with van der Waals surface area (Å²) in [5, 5.41) is 2.68. The lowest BCUT2D eigenvalue weighted by atomic mass is 10.3. The molecule has 0 radical (unpaired) electrons. The zero-order valence-corrected chi connectivity index (χ0v) is 14.1. The minimum Gasteiger partial charge on any atom is -0.484 e. The molecule has 1 fully saturated rings. The van der Waals surface area contributed by atoms with E-state index in [0.717, 1.165) is 29.7 Å². The van der Waals surface area contributed by atoms with Gasteiger partial charge in [-0.05, 0) is 30.7 Å². The SMILES string of the molecule is O=C(COc1cccc(N2CCCC2=O)c1)Nc1nc2ccccc2[nH]1. The number of fused-ring (bicyclic) bond motifs is 1. The van der Waals surface area contributed by atoms with Gasteiger partial charge in [0.05, 0.1) is 11.0 Å². The summed E-state index contributed by atoms with van der Waals surface area (Å²) in [5.41, 5.74) is 2.43. The van der Waals surface area contributed by atoms with Crippen molar-refractivity contribution >= 4 is 34.5 Å². The Hall–Kier alpha value is -3.35. The average Bonchev–Trinajstić information content (AvgIpc) is 3.25. The summed E-state index contributed by atoms with van der Waals surface area (Å²) in [7, 11) is 0. The van der Waals surface area contributed by atoms with Crippen LogP contribution in [0.2, 0.25) is 0 Å². The third-order valence-corrected chi connectivity index (χ3v) is 4.22. The maximum atomic E-state index is 12.1. The zero-order valence-electron chi connectivity index (χ0n) is 14.1. The van der Waals surface area contributed by atoms with E-state index < -0.39 is 0 Å². The van der Waals surface area contributed by atoms with E-state index in [2.05, 4.69) is 15.3 Å². The van der Waals surface area contributed by atoms with Crippen LogP contribution in [0.4, 0.5) is 11.6 Å².